The van der Waals surface area contributed by atoms with E-state index >= 15 is 0 Å². The molecule has 1 aliphatic carbocycles. The van der Waals surface area contributed by atoms with Crippen LogP contribution >= 0.6 is 11.6 Å². The molecule has 1 atom stereocenters. The highest BCUT2D eigenvalue weighted by atomic mass is 35.5. The standard InChI is InChI=1S/C23H24ClFOS.CH2F2/c24-21-11-5-20(6-12-21)17-27(26)23-15-9-19(10-16-23)4-2-1-3-18-7-13-22(25)14-8-18;2-1-3/h1-8,11-14,19,23H,9-10,15-17H2;1H2/b3-1+,4-2+;/t19?,23?,27-;/m1./s1. The number of benzene rings is 2. The third-order valence-electron chi connectivity index (χ3n) is 4.97. The lowest BCUT2D eigenvalue weighted by atomic mass is 9.88. The molecule has 0 saturated heterocycles. The van der Waals surface area contributed by atoms with Crippen molar-refractivity contribution in [2.24, 2.45) is 5.92 Å². The molecule has 0 amide bonds. The van der Waals surface area contributed by atoms with Gasteiger partial charge in [0.2, 0.25) is 6.93 Å². The third-order valence-corrected chi connectivity index (χ3v) is 7.05. The van der Waals surface area contributed by atoms with Gasteiger partial charge in [-0.1, -0.05) is 60.2 Å². The number of alkyl halides is 2. The van der Waals surface area contributed by atoms with E-state index in [0.717, 1.165) is 36.8 Å². The maximum Gasteiger partial charge on any atom is 0.229 e. The summed E-state index contributed by atoms with van der Waals surface area (Å²) in [6.45, 7) is -1.75. The molecule has 162 valence electrons. The molecule has 0 radical (unpaired) electrons. The van der Waals surface area contributed by atoms with Crippen LogP contribution in [0.5, 0.6) is 0 Å². The van der Waals surface area contributed by atoms with E-state index in [-0.39, 0.29) is 5.82 Å². The fourth-order valence-corrected chi connectivity index (χ4v) is 5.05. The summed E-state index contributed by atoms with van der Waals surface area (Å²) < 4.78 is 44.8. The van der Waals surface area contributed by atoms with Crippen molar-refractivity contribution < 1.29 is 17.4 Å². The molecular weight excluding hydrogens is 429 g/mol. The van der Waals surface area contributed by atoms with Crippen LogP contribution in [-0.2, 0) is 16.6 Å². The molecular formula is C24H26ClF3OS. The predicted octanol–water partition coefficient (Wildman–Crippen LogP) is 7.44. The first-order valence-corrected chi connectivity index (χ1v) is 11.6. The Morgan fingerprint density at radius 2 is 1.53 bits per heavy atom. The van der Waals surface area contributed by atoms with Crippen molar-refractivity contribution >= 4 is 28.5 Å². The lowest BCUT2D eigenvalue weighted by Gasteiger charge is -2.26. The van der Waals surface area contributed by atoms with Crippen LogP contribution in [0.2, 0.25) is 5.02 Å². The number of hydrogen-bond acceptors (Lipinski definition) is 1. The van der Waals surface area contributed by atoms with Crippen LogP contribution in [0.3, 0.4) is 0 Å². The van der Waals surface area contributed by atoms with Crippen LogP contribution in [0.1, 0.15) is 36.8 Å². The van der Waals surface area contributed by atoms with Crippen LogP contribution in [0.4, 0.5) is 13.2 Å². The Morgan fingerprint density at radius 1 is 0.933 bits per heavy atom. The summed E-state index contributed by atoms with van der Waals surface area (Å²) in [5, 5.41) is 1.00. The molecule has 0 N–H and O–H groups in total. The highest BCUT2D eigenvalue weighted by Crippen LogP contribution is 2.29. The number of allylic oxidation sites excluding steroid dienone is 3. The topological polar surface area (TPSA) is 17.1 Å². The van der Waals surface area contributed by atoms with Gasteiger partial charge in [-0.3, -0.25) is 4.21 Å². The number of halogens is 4. The van der Waals surface area contributed by atoms with Gasteiger partial charge >= 0.3 is 0 Å². The minimum absolute atomic E-state index is 0.215. The molecule has 0 aliphatic heterocycles. The zero-order chi connectivity index (χ0) is 21.8. The maximum absolute atomic E-state index is 12.9. The highest BCUT2D eigenvalue weighted by Gasteiger charge is 2.24. The molecule has 0 unspecified atom stereocenters. The molecule has 2 aromatic carbocycles. The van der Waals surface area contributed by atoms with Crippen LogP contribution in [0.25, 0.3) is 6.08 Å². The highest BCUT2D eigenvalue weighted by molar-refractivity contribution is 7.84. The summed E-state index contributed by atoms with van der Waals surface area (Å²) in [6, 6.07) is 14.1. The number of rotatable bonds is 6. The zero-order valence-electron chi connectivity index (χ0n) is 16.7. The fourth-order valence-electron chi connectivity index (χ4n) is 3.37. The molecule has 1 saturated carbocycles. The van der Waals surface area contributed by atoms with Crippen molar-refractivity contribution in [1.29, 1.82) is 0 Å². The molecule has 30 heavy (non-hydrogen) atoms. The molecule has 1 fully saturated rings. The second kappa shape index (κ2) is 13.5. The summed E-state index contributed by atoms with van der Waals surface area (Å²) in [6.07, 6.45) is 12.5. The smallest absolute Gasteiger partial charge is 0.229 e. The van der Waals surface area contributed by atoms with Crippen molar-refractivity contribution in [3.8, 4) is 0 Å². The quantitative estimate of drug-likeness (QED) is 0.414. The largest absolute Gasteiger partial charge is 0.259 e. The van der Waals surface area contributed by atoms with Crippen molar-refractivity contribution in [2.45, 2.75) is 36.7 Å². The summed E-state index contributed by atoms with van der Waals surface area (Å²) in [7, 11) is -0.825. The molecule has 0 spiro atoms. The Balaban J connectivity index is 0.00000101. The average Bonchev–Trinajstić information content (AvgIpc) is 2.75. The molecule has 0 bridgehead atoms. The van der Waals surface area contributed by atoms with E-state index in [9.17, 15) is 17.4 Å². The van der Waals surface area contributed by atoms with Gasteiger partial charge in [0.25, 0.3) is 0 Å². The van der Waals surface area contributed by atoms with Crippen LogP contribution in [0.15, 0.2) is 66.8 Å². The monoisotopic (exact) mass is 454 g/mol. The third kappa shape index (κ3) is 8.88. The Hall–Kier alpha value is -1.85. The number of hydrogen-bond donors (Lipinski definition) is 0. The second-order valence-corrected chi connectivity index (χ2v) is 9.24. The van der Waals surface area contributed by atoms with Gasteiger partial charge in [0.05, 0.1) is 0 Å². The molecule has 6 heteroatoms. The van der Waals surface area contributed by atoms with Gasteiger partial charge in [0.15, 0.2) is 0 Å². The van der Waals surface area contributed by atoms with Crippen molar-refractivity contribution in [1.82, 2.24) is 0 Å². The summed E-state index contributed by atoms with van der Waals surface area (Å²) >= 11 is 5.90. The summed E-state index contributed by atoms with van der Waals surface area (Å²) in [5.74, 6) is 0.947. The first kappa shape index (κ1) is 24.4. The Bertz CT molecular complexity index is 827. The predicted molar refractivity (Wildman–Crippen MR) is 121 cm³/mol. The van der Waals surface area contributed by atoms with E-state index in [1.807, 2.05) is 36.4 Å². The van der Waals surface area contributed by atoms with Crippen molar-refractivity contribution in [3.05, 3.63) is 88.7 Å². The first-order chi connectivity index (χ1) is 14.5. The fraction of sp³-hybridized carbons (Fsp3) is 0.333. The van der Waals surface area contributed by atoms with Crippen molar-refractivity contribution in [3.63, 3.8) is 0 Å². The normalized spacial score (nSPS) is 20.1. The molecule has 0 heterocycles. The molecule has 3 rings (SSSR count). The van der Waals surface area contributed by atoms with E-state index in [4.69, 9.17) is 11.6 Å². The van der Waals surface area contributed by atoms with E-state index in [1.165, 1.54) is 12.1 Å². The van der Waals surface area contributed by atoms with Gasteiger partial charge in [-0.2, -0.15) is 0 Å². The van der Waals surface area contributed by atoms with Gasteiger partial charge in [-0.25, -0.2) is 13.2 Å². The second-order valence-electron chi connectivity index (χ2n) is 7.08. The van der Waals surface area contributed by atoms with Gasteiger partial charge in [-0.15, -0.1) is 0 Å². The van der Waals surface area contributed by atoms with Crippen LogP contribution in [-0.4, -0.2) is 16.4 Å². The van der Waals surface area contributed by atoms with Gasteiger partial charge in [0, 0.05) is 26.8 Å². The van der Waals surface area contributed by atoms with E-state index < -0.39 is 17.7 Å². The Labute approximate surface area is 184 Å². The SMILES string of the molecule is FCF.O=[S@](Cc1ccc(Cl)cc1)C1CCC(/C=C/C=C/c2ccc(F)cc2)CC1. The van der Waals surface area contributed by atoms with Crippen LogP contribution in [0, 0.1) is 11.7 Å². The van der Waals surface area contributed by atoms with Gasteiger partial charge < -0.3 is 0 Å². The molecule has 0 aromatic heterocycles. The zero-order valence-corrected chi connectivity index (χ0v) is 18.2. The molecule has 2 aromatic rings. The van der Waals surface area contributed by atoms with E-state index in [1.54, 1.807) is 12.1 Å². The molecule has 1 aliphatic rings. The summed E-state index contributed by atoms with van der Waals surface area (Å²) in [5.41, 5.74) is 2.08. The maximum atomic E-state index is 12.9. The van der Waals surface area contributed by atoms with Crippen LogP contribution < -0.4 is 0 Å². The average molecular weight is 455 g/mol. The van der Waals surface area contributed by atoms with E-state index in [0.29, 0.717) is 21.9 Å². The minimum atomic E-state index is -1.75. The molecule has 1 nitrogen and oxygen atoms in total. The minimum Gasteiger partial charge on any atom is -0.259 e. The lowest BCUT2D eigenvalue weighted by molar-refractivity contribution is 0.295. The van der Waals surface area contributed by atoms with Gasteiger partial charge in [0.1, 0.15) is 5.82 Å². The summed E-state index contributed by atoms with van der Waals surface area (Å²) in [4.78, 5) is 0. The van der Waals surface area contributed by atoms with E-state index in [2.05, 4.69) is 12.2 Å². The van der Waals surface area contributed by atoms with Gasteiger partial charge in [-0.05, 0) is 67.0 Å². The van der Waals surface area contributed by atoms with Crippen molar-refractivity contribution in [2.75, 3.05) is 6.93 Å². The first-order valence-electron chi connectivity index (χ1n) is 9.85. The Kier molecular flexibility index (Phi) is 11.0. The lowest BCUT2D eigenvalue weighted by Crippen LogP contribution is -2.23. The Morgan fingerprint density at radius 3 is 2.13 bits per heavy atom.